The van der Waals surface area contributed by atoms with Gasteiger partial charge in [-0.15, -0.1) is 25.5 Å². The number of aryl methyl sites for hydroxylation is 7. The number of H-pyrrole nitrogens is 5. The van der Waals surface area contributed by atoms with Crippen LogP contribution in [0.5, 0.6) is 0 Å². The minimum atomic E-state index is -0.502. The molecule has 6 rings (SSSR count). The van der Waals surface area contributed by atoms with Crippen LogP contribution in [0.15, 0.2) is 32.6 Å². The molecule has 6 aromatic rings. The minimum Gasteiger partial charge on any atom is -0.393 e. The quantitative estimate of drug-likeness (QED) is 0.149. The van der Waals surface area contributed by atoms with Gasteiger partial charge in [0, 0.05) is 25.4 Å². The summed E-state index contributed by atoms with van der Waals surface area (Å²) in [5.41, 5.74) is -0.433. The van der Waals surface area contributed by atoms with Gasteiger partial charge in [0.15, 0.2) is 11.6 Å². The molecule has 0 aliphatic rings. The molecule has 0 aromatic carbocycles. The van der Waals surface area contributed by atoms with Crippen molar-refractivity contribution in [1.29, 1.82) is 0 Å². The van der Waals surface area contributed by atoms with Crippen LogP contribution in [0.1, 0.15) is 64.8 Å². The van der Waals surface area contributed by atoms with Gasteiger partial charge in [-0.05, 0) is 32.9 Å². The highest BCUT2D eigenvalue weighted by atomic mass is 32.1. The van der Waals surface area contributed by atoms with Gasteiger partial charge in [-0.25, -0.2) is 19.5 Å². The molecule has 0 bridgehead atoms. The molecule has 254 valence electrons. The smallest absolute Gasteiger partial charge is 0.393 e. The van der Waals surface area contributed by atoms with Gasteiger partial charge in [-0.3, -0.25) is 19.3 Å². The monoisotopic (exact) mass is 662 g/mol. The Balaban J connectivity index is -0.000000220. The maximum atomic E-state index is 10.2. The third-order valence-corrected chi connectivity index (χ3v) is 3.88. The lowest BCUT2D eigenvalue weighted by atomic mass is 10.8. The fourth-order valence-electron chi connectivity index (χ4n) is 1.81. The molecule has 0 atom stereocenters. The van der Waals surface area contributed by atoms with Gasteiger partial charge in [0.1, 0.15) is 11.6 Å². The van der Waals surface area contributed by atoms with E-state index >= 15 is 0 Å². The lowest BCUT2D eigenvalue weighted by Gasteiger charge is -1.73. The molecular formula is C21H42N16O7S. The Bertz CT molecular complexity index is 1530. The summed E-state index contributed by atoms with van der Waals surface area (Å²) in [5.74, 6) is 2.31. The van der Waals surface area contributed by atoms with Crippen molar-refractivity contribution in [3.8, 4) is 0 Å². The lowest BCUT2D eigenvalue weighted by molar-refractivity contribution is 0.383. The van der Waals surface area contributed by atoms with E-state index in [1.165, 1.54) is 4.80 Å². The fourth-order valence-corrected chi connectivity index (χ4v) is 2.27. The van der Waals surface area contributed by atoms with Gasteiger partial charge in [-0.2, -0.15) is 24.5 Å². The molecule has 6 heterocycles. The van der Waals surface area contributed by atoms with E-state index in [0.29, 0.717) is 35.1 Å². The van der Waals surface area contributed by atoms with E-state index in [1.54, 1.807) is 48.6 Å². The highest BCUT2D eigenvalue weighted by Gasteiger charge is 1.89. The van der Waals surface area contributed by atoms with Gasteiger partial charge in [0.2, 0.25) is 11.8 Å². The first-order valence-corrected chi connectivity index (χ1v) is 11.6. The Morgan fingerprint density at radius 2 is 1.44 bits per heavy atom. The largest absolute Gasteiger partial charge is 0.438 e. The summed E-state index contributed by atoms with van der Waals surface area (Å²) in [6.07, 6.45) is 0. The second-order valence-corrected chi connectivity index (χ2v) is 7.65. The first-order valence-electron chi connectivity index (χ1n) is 10.8. The average molecular weight is 663 g/mol. The maximum absolute atomic E-state index is 10.2. The molecule has 23 nitrogen and oxygen atoms in total. The molecule has 5 N–H and O–H groups in total. The SMILES string of the molecule is C.C.C.C.Cc1n[nH]c(=O)o1.Cc1nc(=O)[nH]o1.Cc1nn[nH]n1.Cc1nnn(C)n1.Cc1noc(=O)[nH]1.Cc1nsc(=O)[nH]1. The second kappa shape index (κ2) is 24.9. The third kappa shape index (κ3) is 23.6. The molecule has 0 spiro atoms. The third-order valence-electron chi connectivity index (χ3n) is 3.25. The predicted octanol–water partition coefficient (Wildman–Crippen LogP) is 0.725. The molecule has 0 aliphatic carbocycles. The Labute approximate surface area is 260 Å². The number of tetrazole rings is 2. The molecule has 0 aliphatic heterocycles. The van der Waals surface area contributed by atoms with Crippen molar-refractivity contribution >= 4 is 11.5 Å². The van der Waals surface area contributed by atoms with Crippen LogP contribution in [0, 0.1) is 41.5 Å². The Morgan fingerprint density at radius 3 is 1.58 bits per heavy atom. The number of nitrogens with one attached hydrogen (secondary N) is 5. The molecule has 0 unspecified atom stereocenters. The number of rotatable bonds is 0. The van der Waals surface area contributed by atoms with Crippen LogP contribution in [0.2, 0.25) is 0 Å². The van der Waals surface area contributed by atoms with Crippen LogP contribution < -0.4 is 22.1 Å². The van der Waals surface area contributed by atoms with Crippen molar-refractivity contribution < 1.29 is 13.5 Å². The molecule has 45 heavy (non-hydrogen) atoms. The molecular weight excluding hydrogens is 620 g/mol. The second-order valence-electron chi connectivity index (χ2n) is 6.92. The van der Waals surface area contributed by atoms with Crippen LogP contribution in [0.4, 0.5) is 0 Å². The normalized spacial score (nSPS) is 8.42. The number of aromatic amines is 5. The summed E-state index contributed by atoms with van der Waals surface area (Å²) in [6.45, 7) is 10.1. The lowest BCUT2D eigenvalue weighted by Crippen LogP contribution is -1.99. The predicted molar refractivity (Wildman–Crippen MR) is 162 cm³/mol. The van der Waals surface area contributed by atoms with Crippen molar-refractivity contribution in [1.82, 2.24) is 80.7 Å². The van der Waals surface area contributed by atoms with Crippen LogP contribution in [0.25, 0.3) is 0 Å². The maximum Gasteiger partial charge on any atom is 0.438 e. The van der Waals surface area contributed by atoms with Gasteiger partial charge in [0.05, 0.1) is 7.05 Å². The molecule has 0 saturated heterocycles. The van der Waals surface area contributed by atoms with Crippen LogP contribution >= 0.6 is 11.5 Å². The summed E-state index contributed by atoms with van der Waals surface area (Å²) >= 11 is 0.943. The summed E-state index contributed by atoms with van der Waals surface area (Å²) < 4.78 is 16.6. The van der Waals surface area contributed by atoms with Gasteiger partial charge >= 0.3 is 22.1 Å². The number of hydrogen-bond acceptors (Lipinski definition) is 18. The Morgan fingerprint density at radius 1 is 0.778 bits per heavy atom. The summed E-state index contributed by atoms with van der Waals surface area (Å²) in [6, 6.07) is 0. The minimum absolute atomic E-state index is 0. The van der Waals surface area contributed by atoms with E-state index < -0.39 is 17.2 Å². The summed E-state index contributed by atoms with van der Waals surface area (Å²) in [7, 11) is 1.74. The van der Waals surface area contributed by atoms with E-state index in [2.05, 4.69) is 84.2 Å². The van der Waals surface area contributed by atoms with Crippen LogP contribution in [-0.4, -0.2) is 80.7 Å². The van der Waals surface area contributed by atoms with E-state index in [1.807, 2.05) is 5.16 Å². The van der Waals surface area contributed by atoms with Crippen LogP contribution in [-0.2, 0) is 7.05 Å². The average Bonchev–Trinajstić information content (AvgIpc) is 3.75. The van der Waals surface area contributed by atoms with Crippen molar-refractivity contribution in [2.24, 2.45) is 7.05 Å². The Kier molecular flexibility index (Phi) is 25.6. The van der Waals surface area contributed by atoms with Crippen molar-refractivity contribution in [2.75, 3.05) is 0 Å². The van der Waals surface area contributed by atoms with E-state index in [0.717, 1.165) is 11.5 Å². The summed E-state index contributed by atoms with van der Waals surface area (Å²) in [5, 5.41) is 34.5. The number of hydrogen-bond donors (Lipinski definition) is 5. The van der Waals surface area contributed by atoms with E-state index in [-0.39, 0.29) is 34.6 Å². The molecule has 24 heteroatoms. The molecule has 0 amide bonds. The van der Waals surface area contributed by atoms with Crippen molar-refractivity contribution in [3.05, 3.63) is 76.3 Å². The molecule has 0 saturated carbocycles. The standard InChI is InChI=1S/C3H6N4.3C3H4N2O2.C3H4N2OS.C2H4N4.4CH4/c1-3-4-6-7(2)5-3;1-2-4-5-3(6)7-2;1-2-4-3(6)5-7-2;2*1-2-4-3(6)7-5-2;1-2-3-5-6-4-2;;;;/h1-2H3;2*1H3,(H,5,6);2*1H3,(H,4,5,6);1H3,(H,3,4,5,6);4*1H4. The van der Waals surface area contributed by atoms with Crippen LogP contribution in [0.3, 0.4) is 0 Å². The zero-order valence-corrected chi connectivity index (χ0v) is 23.5. The van der Waals surface area contributed by atoms with Gasteiger partial charge in [-0.1, -0.05) is 40.1 Å². The highest BCUT2D eigenvalue weighted by Crippen LogP contribution is 1.80. The first-order chi connectivity index (χ1) is 19.3. The number of nitrogens with zero attached hydrogens (tertiary/aromatic N) is 11. The highest BCUT2D eigenvalue weighted by molar-refractivity contribution is 7.02. The zero-order valence-electron chi connectivity index (χ0n) is 22.7. The molecule has 6 aromatic heterocycles. The topological polar surface area (TPSA) is 320 Å². The first kappa shape index (κ1) is 46.3. The van der Waals surface area contributed by atoms with Crippen molar-refractivity contribution in [3.63, 3.8) is 0 Å². The Hall–Kier alpha value is -5.68. The molecule has 0 fully saturated rings. The van der Waals surface area contributed by atoms with Crippen molar-refractivity contribution in [2.45, 2.75) is 71.2 Å². The fraction of sp³-hybridized carbons (Fsp3) is 0.524. The summed E-state index contributed by atoms with van der Waals surface area (Å²) in [4.78, 5) is 49.7. The van der Waals surface area contributed by atoms with E-state index in [4.69, 9.17) is 0 Å². The zero-order chi connectivity index (χ0) is 30.8. The van der Waals surface area contributed by atoms with Gasteiger partial charge in [0.25, 0.3) is 0 Å². The number of aromatic nitrogens is 16. The molecule has 0 radical (unpaired) electrons. The van der Waals surface area contributed by atoms with Gasteiger partial charge < -0.3 is 8.94 Å². The van der Waals surface area contributed by atoms with E-state index in [9.17, 15) is 19.2 Å².